The highest BCUT2D eigenvalue weighted by atomic mass is 35.5. The number of nitrogens with zero attached hydrogens (tertiary/aromatic N) is 2. The first kappa shape index (κ1) is 33.6. The summed E-state index contributed by atoms with van der Waals surface area (Å²) in [4.78, 5) is 55.1. The SMILES string of the molecule is CCOC(=O)n1c(C(=O)C2CCN(C(=O)OC(C)(C)C)C2)c(NC(=O)C(C)P(=O)(OCC)OCC)c2cc(Cl)ccc21. The number of amides is 2. The molecule has 232 valence electrons. The van der Waals surface area contributed by atoms with Gasteiger partial charge in [-0.25, -0.2) is 14.2 Å². The first-order valence-electron chi connectivity index (χ1n) is 13.9. The molecule has 1 aliphatic rings. The quantitative estimate of drug-likeness (QED) is 0.236. The van der Waals surface area contributed by atoms with Crippen molar-refractivity contribution in [1.29, 1.82) is 0 Å². The molecule has 1 N–H and O–H groups in total. The van der Waals surface area contributed by atoms with Crippen molar-refractivity contribution in [2.24, 2.45) is 5.92 Å². The van der Waals surface area contributed by atoms with Gasteiger partial charge in [-0.15, -0.1) is 0 Å². The number of aromatic nitrogens is 1. The molecule has 1 aromatic heterocycles. The number of carbonyl (C=O) groups is 4. The van der Waals surface area contributed by atoms with Crippen LogP contribution in [0.2, 0.25) is 5.02 Å². The molecule has 2 unspecified atom stereocenters. The topological polar surface area (TPSA) is 142 Å². The van der Waals surface area contributed by atoms with E-state index in [4.69, 9.17) is 30.1 Å². The van der Waals surface area contributed by atoms with Crippen LogP contribution in [0.1, 0.15) is 65.4 Å². The standard InChI is InChI=1S/C28H39ClN3O9P/c1-8-38-27(36)32-21-12-11-19(29)15-20(21)22(30-25(34)17(4)42(37,39-9-2)40-10-3)23(32)24(33)18-13-14-31(16-18)26(35)41-28(5,6)7/h11-12,15,17-18H,8-10,13-14,16H2,1-7H3,(H,30,34). The zero-order chi connectivity index (χ0) is 31.4. The summed E-state index contributed by atoms with van der Waals surface area (Å²) in [5, 5.41) is 3.29. The molecule has 1 fully saturated rings. The molecule has 2 atom stereocenters. The smallest absolute Gasteiger partial charge is 0.419 e. The van der Waals surface area contributed by atoms with Gasteiger partial charge in [0.1, 0.15) is 17.0 Å². The maximum Gasteiger partial charge on any atom is 0.419 e. The molecule has 2 amide bonds. The molecule has 14 heteroatoms. The second-order valence-electron chi connectivity index (χ2n) is 10.7. The van der Waals surface area contributed by atoms with Crippen molar-refractivity contribution < 1.29 is 42.3 Å². The fourth-order valence-corrected chi connectivity index (χ4v) is 6.42. The second-order valence-corrected chi connectivity index (χ2v) is 13.5. The maximum absolute atomic E-state index is 14.2. The number of anilines is 1. The van der Waals surface area contributed by atoms with E-state index in [9.17, 15) is 23.7 Å². The Kier molecular flexibility index (Phi) is 10.9. The summed E-state index contributed by atoms with van der Waals surface area (Å²) in [6, 6.07) is 4.59. The molecule has 0 saturated carbocycles. The molecule has 42 heavy (non-hydrogen) atoms. The minimum atomic E-state index is -3.87. The summed E-state index contributed by atoms with van der Waals surface area (Å²) in [5.74, 6) is -1.96. The van der Waals surface area contributed by atoms with E-state index in [0.717, 1.165) is 4.57 Å². The first-order chi connectivity index (χ1) is 19.7. The predicted molar refractivity (Wildman–Crippen MR) is 159 cm³/mol. The predicted octanol–water partition coefficient (Wildman–Crippen LogP) is 6.33. The second kappa shape index (κ2) is 13.6. The van der Waals surface area contributed by atoms with Gasteiger partial charge in [-0.2, -0.15) is 0 Å². The molecule has 1 aromatic carbocycles. The monoisotopic (exact) mass is 627 g/mol. The zero-order valence-electron chi connectivity index (χ0n) is 25.0. The van der Waals surface area contributed by atoms with Crippen molar-refractivity contribution >= 4 is 59.7 Å². The number of ketones is 1. The summed E-state index contributed by atoms with van der Waals surface area (Å²) < 4.78 is 35.9. The summed E-state index contributed by atoms with van der Waals surface area (Å²) in [5.41, 5.74) is -1.85. The van der Waals surface area contributed by atoms with Gasteiger partial charge in [-0.3, -0.25) is 14.2 Å². The zero-order valence-corrected chi connectivity index (χ0v) is 26.7. The number of carbonyl (C=O) groups excluding carboxylic acids is 4. The van der Waals surface area contributed by atoms with Crippen LogP contribution in [0.3, 0.4) is 0 Å². The van der Waals surface area contributed by atoms with Crippen molar-refractivity contribution in [1.82, 2.24) is 9.47 Å². The van der Waals surface area contributed by atoms with Crippen LogP contribution in [0.4, 0.5) is 15.3 Å². The summed E-state index contributed by atoms with van der Waals surface area (Å²) in [7, 11) is -3.87. The van der Waals surface area contributed by atoms with Gasteiger partial charge in [0.05, 0.1) is 31.0 Å². The van der Waals surface area contributed by atoms with Crippen LogP contribution < -0.4 is 5.32 Å². The minimum absolute atomic E-state index is 0.00216. The van der Waals surface area contributed by atoms with Crippen molar-refractivity contribution in [3.8, 4) is 0 Å². The van der Waals surface area contributed by atoms with Crippen molar-refractivity contribution in [3.63, 3.8) is 0 Å². The van der Waals surface area contributed by atoms with E-state index in [0.29, 0.717) is 11.8 Å². The van der Waals surface area contributed by atoms with Crippen molar-refractivity contribution in [2.45, 2.75) is 66.1 Å². The van der Waals surface area contributed by atoms with Crippen LogP contribution in [0.5, 0.6) is 0 Å². The number of nitrogens with one attached hydrogen (secondary N) is 1. The largest absolute Gasteiger partial charge is 0.449 e. The lowest BCUT2D eigenvalue weighted by Gasteiger charge is -2.24. The van der Waals surface area contributed by atoms with E-state index in [2.05, 4.69) is 5.32 Å². The molecule has 0 bridgehead atoms. The molecule has 1 aliphatic heterocycles. The van der Waals surface area contributed by atoms with Crippen LogP contribution in [0.15, 0.2) is 18.2 Å². The molecule has 3 rings (SSSR count). The molecule has 1 saturated heterocycles. The van der Waals surface area contributed by atoms with E-state index >= 15 is 0 Å². The Labute approximate surface area is 250 Å². The Bertz CT molecular complexity index is 1390. The average Bonchev–Trinajstić information content (AvgIpc) is 3.51. The Balaban J connectivity index is 2.12. The Morgan fingerprint density at radius 1 is 1.07 bits per heavy atom. The van der Waals surface area contributed by atoms with Crippen LogP contribution in [0.25, 0.3) is 10.9 Å². The Morgan fingerprint density at radius 3 is 2.29 bits per heavy atom. The molecule has 12 nitrogen and oxygen atoms in total. The summed E-state index contributed by atoms with van der Waals surface area (Å²) in [6.45, 7) is 12.0. The highest BCUT2D eigenvalue weighted by molar-refractivity contribution is 7.55. The number of rotatable bonds is 10. The third-order valence-electron chi connectivity index (χ3n) is 6.54. The molecule has 0 aliphatic carbocycles. The molecule has 2 heterocycles. The lowest BCUT2D eigenvalue weighted by molar-refractivity contribution is -0.116. The Morgan fingerprint density at radius 2 is 1.71 bits per heavy atom. The van der Waals surface area contributed by atoms with E-state index in [1.54, 1.807) is 47.6 Å². The van der Waals surface area contributed by atoms with Gasteiger partial charge in [0.2, 0.25) is 5.91 Å². The van der Waals surface area contributed by atoms with Crippen LogP contribution in [-0.2, 0) is 27.9 Å². The fraction of sp³-hybridized carbons (Fsp3) is 0.571. The van der Waals surface area contributed by atoms with Crippen LogP contribution in [-0.4, -0.2) is 77.5 Å². The number of fused-ring (bicyclic) bond motifs is 1. The van der Waals surface area contributed by atoms with Gasteiger partial charge in [-0.1, -0.05) is 11.6 Å². The number of Topliss-reactive ketones (excluding diaryl/α,β-unsaturated/α-hetero) is 1. The van der Waals surface area contributed by atoms with Crippen LogP contribution >= 0.6 is 19.2 Å². The van der Waals surface area contributed by atoms with E-state index < -0.39 is 48.7 Å². The van der Waals surface area contributed by atoms with Crippen LogP contribution in [0, 0.1) is 5.92 Å². The van der Waals surface area contributed by atoms with Gasteiger partial charge in [0, 0.05) is 29.4 Å². The van der Waals surface area contributed by atoms with Gasteiger partial charge in [0.15, 0.2) is 5.78 Å². The van der Waals surface area contributed by atoms with Gasteiger partial charge < -0.3 is 28.7 Å². The Hall–Kier alpha value is -2.92. The third-order valence-corrected chi connectivity index (χ3v) is 9.20. The lowest BCUT2D eigenvalue weighted by Crippen LogP contribution is -2.36. The summed E-state index contributed by atoms with van der Waals surface area (Å²) in [6.07, 6.45) is -1.09. The fourth-order valence-electron chi connectivity index (χ4n) is 4.65. The van der Waals surface area contributed by atoms with Crippen molar-refractivity contribution in [3.05, 3.63) is 28.9 Å². The number of hydrogen-bond acceptors (Lipinski definition) is 9. The van der Waals surface area contributed by atoms with Gasteiger partial charge in [-0.05, 0) is 73.1 Å². The molecular weight excluding hydrogens is 589 g/mol. The highest BCUT2D eigenvalue weighted by Crippen LogP contribution is 2.53. The lowest BCUT2D eigenvalue weighted by atomic mass is 9.99. The van der Waals surface area contributed by atoms with E-state index in [1.807, 2.05) is 0 Å². The average molecular weight is 628 g/mol. The van der Waals surface area contributed by atoms with Gasteiger partial charge >= 0.3 is 19.8 Å². The number of likely N-dealkylation sites (tertiary alicyclic amines) is 1. The third kappa shape index (κ3) is 7.34. The highest BCUT2D eigenvalue weighted by Gasteiger charge is 2.41. The molecule has 0 spiro atoms. The maximum atomic E-state index is 14.2. The molecule has 2 aromatic rings. The number of benzene rings is 1. The summed E-state index contributed by atoms with van der Waals surface area (Å²) >= 11 is 6.29. The molecule has 0 radical (unpaired) electrons. The number of halogens is 1. The number of hydrogen-bond donors (Lipinski definition) is 1. The van der Waals surface area contributed by atoms with Crippen molar-refractivity contribution in [2.75, 3.05) is 38.2 Å². The first-order valence-corrected chi connectivity index (χ1v) is 15.9. The molecular formula is C28H39ClN3O9P. The normalized spacial score (nSPS) is 16.4. The minimum Gasteiger partial charge on any atom is -0.449 e. The van der Waals surface area contributed by atoms with Gasteiger partial charge in [0.25, 0.3) is 0 Å². The van der Waals surface area contributed by atoms with E-state index in [-0.39, 0.29) is 54.8 Å². The van der Waals surface area contributed by atoms with E-state index in [1.165, 1.54) is 24.0 Å². The number of ether oxygens (including phenoxy) is 2.